The summed E-state index contributed by atoms with van der Waals surface area (Å²) in [6, 6.07) is 18.8. The number of carbonyl (C=O) groups is 1. The standard InChI is InChI=1S/C24H17BrCl2N2O/c1-13-9-14(2)23-18(10-13)19(12-22(29-23)15-3-5-16(25)6-4-15)24(30)28-17-7-8-20(26)21(27)11-17/h3-12H,1-2H3,(H,28,30). The molecule has 0 spiro atoms. The molecule has 0 aliphatic rings. The van der Waals surface area contributed by atoms with Gasteiger partial charge in [-0.2, -0.15) is 0 Å². The van der Waals surface area contributed by atoms with Crippen molar-refractivity contribution in [3.05, 3.63) is 91.9 Å². The number of carbonyl (C=O) groups excluding carboxylic acids is 1. The average molecular weight is 500 g/mol. The number of hydrogen-bond acceptors (Lipinski definition) is 2. The lowest BCUT2D eigenvalue weighted by Crippen LogP contribution is -2.13. The highest BCUT2D eigenvalue weighted by molar-refractivity contribution is 9.10. The molecule has 4 rings (SSSR count). The molecule has 3 aromatic carbocycles. The lowest BCUT2D eigenvalue weighted by Gasteiger charge is -2.13. The molecule has 0 radical (unpaired) electrons. The van der Waals surface area contributed by atoms with Crippen molar-refractivity contribution in [1.82, 2.24) is 4.98 Å². The first-order chi connectivity index (χ1) is 14.3. The fourth-order valence-corrected chi connectivity index (χ4v) is 3.97. The van der Waals surface area contributed by atoms with Crippen molar-refractivity contribution in [3.8, 4) is 11.3 Å². The summed E-state index contributed by atoms with van der Waals surface area (Å²) in [6.45, 7) is 4.02. The molecule has 0 unspecified atom stereocenters. The van der Waals surface area contributed by atoms with Crippen LogP contribution in [0.1, 0.15) is 21.5 Å². The van der Waals surface area contributed by atoms with Gasteiger partial charge in [0, 0.05) is 21.1 Å². The third kappa shape index (κ3) is 4.22. The van der Waals surface area contributed by atoms with Crippen LogP contribution < -0.4 is 5.32 Å². The molecule has 0 saturated carbocycles. The summed E-state index contributed by atoms with van der Waals surface area (Å²) >= 11 is 15.5. The normalized spacial score (nSPS) is 11.0. The van der Waals surface area contributed by atoms with Crippen molar-refractivity contribution in [1.29, 1.82) is 0 Å². The Hall–Kier alpha value is -2.40. The Labute approximate surface area is 193 Å². The van der Waals surface area contributed by atoms with E-state index in [0.29, 0.717) is 21.3 Å². The molecule has 0 atom stereocenters. The van der Waals surface area contributed by atoms with Crippen LogP contribution in [0.15, 0.2) is 65.1 Å². The summed E-state index contributed by atoms with van der Waals surface area (Å²) in [6.07, 6.45) is 0. The average Bonchev–Trinajstić information content (AvgIpc) is 2.70. The number of nitrogens with zero attached hydrogens (tertiary/aromatic N) is 1. The van der Waals surface area contributed by atoms with Gasteiger partial charge in [-0.25, -0.2) is 4.98 Å². The van der Waals surface area contributed by atoms with Gasteiger partial charge in [0.1, 0.15) is 0 Å². The Morgan fingerprint density at radius 2 is 1.67 bits per heavy atom. The number of amides is 1. The number of rotatable bonds is 3. The summed E-state index contributed by atoms with van der Waals surface area (Å²) in [5, 5.41) is 4.56. The number of anilines is 1. The zero-order valence-electron chi connectivity index (χ0n) is 16.3. The van der Waals surface area contributed by atoms with E-state index in [1.807, 2.05) is 50.2 Å². The molecule has 1 N–H and O–H groups in total. The Kier molecular flexibility index (Phi) is 5.83. The zero-order chi connectivity index (χ0) is 21.4. The second-order valence-corrected chi connectivity index (χ2v) is 8.85. The van der Waals surface area contributed by atoms with Gasteiger partial charge in [-0.15, -0.1) is 0 Å². The van der Waals surface area contributed by atoms with E-state index in [-0.39, 0.29) is 5.91 Å². The third-order valence-corrected chi connectivity index (χ3v) is 6.08. The first-order valence-corrected chi connectivity index (χ1v) is 10.8. The molecule has 0 bridgehead atoms. The van der Waals surface area contributed by atoms with Crippen molar-refractivity contribution in [2.24, 2.45) is 0 Å². The van der Waals surface area contributed by atoms with Gasteiger partial charge < -0.3 is 5.32 Å². The molecular weight excluding hydrogens is 483 g/mol. The zero-order valence-corrected chi connectivity index (χ0v) is 19.4. The molecule has 6 heteroatoms. The first-order valence-electron chi connectivity index (χ1n) is 9.26. The number of aryl methyl sites for hydroxylation is 2. The molecule has 0 fully saturated rings. The van der Waals surface area contributed by atoms with Gasteiger partial charge in [0.2, 0.25) is 0 Å². The number of hydrogen-bond donors (Lipinski definition) is 1. The maximum Gasteiger partial charge on any atom is 0.256 e. The minimum atomic E-state index is -0.232. The van der Waals surface area contributed by atoms with E-state index < -0.39 is 0 Å². The topological polar surface area (TPSA) is 42.0 Å². The van der Waals surface area contributed by atoms with Crippen LogP contribution >= 0.6 is 39.1 Å². The third-order valence-electron chi connectivity index (χ3n) is 4.81. The number of benzene rings is 3. The Morgan fingerprint density at radius 1 is 0.933 bits per heavy atom. The van der Waals surface area contributed by atoms with E-state index in [1.54, 1.807) is 18.2 Å². The smallest absolute Gasteiger partial charge is 0.256 e. The maximum atomic E-state index is 13.3. The highest BCUT2D eigenvalue weighted by Gasteiger charge is 2.16. The summed E-state index contributed by atoms with van der Waals surface area (Å²) in [5.41, 5.74) is 5.70. The van der Waals surface area contributed by atoms with Crippen LogP contribution in [-0.2, 0) is 0 Å². The van der Waals surface area contributed by atoms with Crippen LogP contribution in [0.5, 0.6) is 0 Å². The predicted octanol–water partition coefficient (Wildman–Crippen LogP) is 7.84. The second kappa shape index (κ2) is 8.38. The largest absolute Gasteiger partial charge is 0.322 e. The van der Waals surface area contributed by atoms with E-state index in [2.05, 4.69) is 27.3 Å². The van der Waals surface area contributed by atoms with Gasteiger partial charge >= 0.3 is 0 Å². The van der Waals surface area contributed by atoms with Crippen molar-refractivity contribution >= 4 is 61.6 Å². The van der Waals surface area contributed by atoms with Gasteiger partial charge in [0.15, 0.2) is 0 Å². The SMILES string of the molecule is Cc1cc(C)c2nc(-c3ccc(Br)cc3)cc(C(=O)Nc3ccc(Cl)c(Cl)c3)c2c1. The summed E-state index contributed by atoms with van der Waals surface area (Å²) in [5.74, 6) is -0.232. The van der Waals surface area contributed by atoms with E-state index in [1.165, 1.54) is 0 Å². The lowest BCUT2D eigenvalue weighted by atomic mass is 9.99. The number of fused-ring (bicyclic) bond motifs is 1. The minimum Gasteiger partial charge on any atom is -0.322 e. The summed E-state index contributed by atoms with van der Waals surface area (Å²) < 4.78 is 0.983. The predicted molar refractivity (Wildman–Crippen MR) is 129 cm³/mol. The van der Waals surface area contributed by atoms with Gasteiger partial charge in [-0.3, -0.25) is 4.79 Å². The highest BCUT2D eigenvalue weighted by Crippen LogP contribution is 2.30. The van der Waals surface area contributed by atoms with Crippen LogP contribution in [0.25, 0.3) is 22.2 Å². The molecule has 0 aliphatic heterocycles. The first kappa shape index (κ1) is 20.9. The van der Waals surface area contributed by atoms with E-state index in [9.17, 15) is 4.79 Å². The van der Waals surface area contributed by atoms with Crippen molar-refractivity contribution in [2.45, 2.75) is 13.8 Å². The molecule has 150 valence electrons. The molecular formula is C24H17BrCl2N2O. The quantitative estimate of drug-likeness (QED) is 0.312. The van der Waals surface area contributed by atoms with E-state index in [0.717, 1.165) is 37.8 Å². The molecule has 30 heavy (non-hydrogen) atoms. The molecule has 1 heterocycles. The number of pyridine rings is 1. The van der Waals surface area contributed by atoms with Crippen molar-refractivity contribution in [2.75, 3.05) is 5.32 Å². The fraction of sp³-hybridized carbons (Fsp3) is 0.0833. The van der Waals surface area contributed by atoms with Crippen LogP contribution in [-0.4, -0.2) is 10.9 Å². The van der Waals surface area contributed by atoms with Gasteiger partial charge in [-0.05, 0) is 61.9 Å². The number of aromatic nitrogens is 1. The van der Waals surface area contributed by atoms with Crippen LogP contribution in [0.2, 0.25) is 10.0 Å². The number of nitrogens with one attached hydrogen (secondary N) is 1. The van der Waals surface area contributed by atoms with E-state index >= 15 is 0 Å². The monoisotopic (exact) mass is 498 g/mol. The maximum absolute atomic E-state index is 13.3. The van der Waals surface area contributed by atoms with Crippen LogP contribution in [0.4, 0.5) is 5.69 Å². The van der Waals surface area contributed by atoms with Crippen molar-refractivity contribution < 1.29 is 4.79 Å². The van der Waals surface area contributed by atoms with Gasteiger partial charge in [-0.1, -0.05) is 62.9 Å². The Bertz CT molecular complexity index is 1290. The van der Waals surface area contributed by atoms with Crippen LogP contribution in [0.3, 0.4) is 0 Å². The fourth-order valence-electron chi connectivity index (χ4n) is 3.41. The molecule has 3 nitrogen and oxygen atoms in total. The second-order valence-electron chi connectivity index (χ2n) is 7.12. The Morgan fingerprint density at radius 3 is 2.37 bits per heavy atom. The molecule has 0 aliphatic carbocycles. The molecule has 4 aromatic rings. The molecule has 1 amide bonds. The molecule has 0 saturated heterocycles. The van der Waals surface area contributed by atoms with Gasteiger partial charge in [0.05, 0.1) is 26.8 Å². The Balaban J connectivity index is 1.86. The lowest BCUT2D eigenvalue weighted by molar-refractivity contribution is 0.102. The highest BCUT2D eigenvalue weighted by atomic mass is 79.9. The van der Waals surface area contributed by atoms with Crippen LogP contribution in [0, 0.1) is 13.8 Å². The summed E-state index contributed by atoms with van der Waals surface area (Å²) in [7, 11) is 0. The van der Waals surface area contributed by atoms with Crippen molar-refractivity contribution in [3.63, 3.8) is 0 Å². The van der Waals surface area contributed by atoms with E-state index in [4.69, 9.17) is 28.2 Å². The van der Waals surface area contributed by atoms with Gasteiger partial charge in [0.25, 0.3) is 5.91 Å². The summed E-state index contributed by atoms with van der Waals surface area (Å²) in [4.78, 5) is 18.1. The minimum absolute atomic E-state index is 0.232. The number of halogens is 3. The molecule has 1 aromatic heterocycles.